The summed E-state index contributed by atoms with van der Waals surface area (Å²) >= 11 is 1.27. The summed E-state index contributed by atoms with van der Waals surface area (Å²) in [4.78, 5) is 23.5. The highest BCUT2D eigenvalue weighted by Gasteiger charge is 2.32. The first-order valence-corrected chi connectivity index (χ1v) is 7.42. The Hall–Kier alpha value is -1.95. The van der Waals surface area contributed by atoms with E-state index in [1.165, 1.54) is 11.3 Å². The minimum absolute atomic E-state index is 0.0306. The first kappa shape index (κ1) is 13.1. The number of amides is 1. The van der Waals surface area contributed by atoms with Crippen molar-refractivity contribution >= 4 is 22.4 Å². The van der Waals surface area contributed by atoms with Gasteiger partial charge in [-0.3, -0.25) is 9.78 Å². The third-order valence-corrected chi connectivity index (χ3v) is 4.56. The maximum Gasteiger partial charge on any atom is 0.266 e. The van der Waals surface area contributed by atoms with Crippen LogP contribution in [0, 0.1) is 6.92 Å². The molecule has 20 heavy (non-hydrogen) atoms. The van der Waals surface area contributed by atoms with Crippen LogP contribution in [0.2, 0.25) is 0 Å². The molecule has 104 valence electrons. The third-order valence-electron chi connectivity index (χ3n) is 3.59. The van der Waals surface area contributed by atoms with Crippen molar-refractivity contribution in [1.29, 1.82) is 0 Å². The molecular weight excluding hydrogens is 272 g/mol. The van der Waals surface area contributed by atoms with Crippen LogP contribution >= 0.6 is 11.3 Å². The van der Waals surface area contributed by atoms with Gasteiger partial charge in [0.15, 0.2) is 5.13 Å². The molecule has 1 aliphatic heterocycles. The summed E-state index contributed by atoms with van der Waals surface area (Å²) in [7, 11) is 0. The molecule has 0 aromatic carbocycles. The minimum atomic E-state index is 0.0306. The van der Waals surface area contributed by atoms with Gasteiger partial charge in [-0.05, 0) is 31.4 Å². The Kier molecular flexibility index (Phi) is 3.40. The molecule has 1 atom stereocenters. The first-order valence-electron chi connectivity index (χ1n) is 6.60. The summed E-state index contributed by atoms with van der Waals surface area (Å²) in [5, 5.41) is 0.447. The molecule has 0 spiro atoms. The normalized spacial score (nSPS) is 18.4. The largest absolute Gasteiger partial charge is 0.375 e. The van der Waals surface area contributed by atoms with E-state index in [4.69, 9.17) is 5.73 Å². The van der Waals surface area contributed by atoms with E-state index in [1.54, 1.807) is 6.20 Å². The summed E-state index contributed by atoms with van der Waals surface area (Å²) < 4.78 is 0. The van der Waals surface area contributed by atoms with Crippen LogP contribution < -0.4 is 5.73 Å². The van der Waals surface area contributed by atoms with E-state index >= 15 is 0 Å². The molecule has 2 aromatic heterocycles. The van der Waals surface area contributed by atoms with Crippen molar-refractivity contribution in [2.45, 2.75) is 25.8 Å². The summed E-state index contributed by atoms with van der Waals surface area (Å²) in [5.74, 6) is 0.0306. The first-order chi connectivity index (χ1) is 9.66. The number of pyridine rings is 1. The number of nitrogen functional groups attached to an aromatic ring is 1. The fourth-order valence-corrected chi connectivity index (χ4v) is 3.47. The second-order valence-electron chi connectivity index (χ2n) is 4.91. The molecule has 0 saturated carbocycles. The van der Waals surface area contributed by atoms with E-state index < -0.39 is 0 Å². The number of aryl methyl sites for hydroxylation is 1. The molecule has 0 aliphatic carbocycles. The van der Waals surface area contributed by atoms with Crippen molar-refractivity contribution in [3.63, 3.8) is 0 Å². The van der Waals surface area contributed by atoms with Gasteiger partial charge in [0.05, 0.1) is 11.7 Å². The zero-order valence-electron chi connectivity index (χ0n) is 11.2. The highest BCUT2D eigenvalue weighted by Crippen LogP contribution is 2.34. The van der Waals surface area contributed by atoms with Crippen molar-refractivity contribution in [1.82, 2.24) is 14.9 Å². The van der Waals surface area contributed by atoms with Crippen LogP contribution in [-0.2, 0) is 0 Å². The molecule has 2 N–H and O–H groups in total. The monoisotopic (exact) mass is 288 g/mol. The van der Waals surface area contributed by atoms with Gasteiger partial charge in [0, 0.05) is 18.9 Å². The molecule has 1 aliphatic rings. The zero-order chi connectivity index (χ0) is 14.1. The average Bonchev–Trinajstić information content (AvgIpc) is 3.05. The Morgan fingerprint density at radius 3 is 3.05 bits per heavy atom. The summed E-state index contributed by atoms with van der Waals surface area (Å²) in [6.45, 7) is 2.60. The van der Waals surface area contributed by atoms with E-state index in [0.29, 0.717) is 15.7 Å². The van der Waals surface area contributed by atoms with Gasteiger partial charge in [-0.15, -0.1) is 0 Å². The minimum Gasteiger partial charge on any atom is -0.375 e. The van der Waals surface area contributed by atoms with Crippen molar-refractivity contribution in [2.75, 3.05) is 12.3 Å². The predicted octanol–water partition coefficient (Wildman–Crippen LogP) is 2.41. The molecule has 3 rings (SSSR count). The molecule has 0 bridgehead atoms. The number of anilines is 1. The van der Waals surface area contributed by atoms with E-state index in [-0.39, 0.29) is 11.9 Å². The van der Waals surface area contributed by atoms with E-state index in [1.807, 2.05) is 30.2 Å². The number of aromatic nitrogens is 2. The van der Waals surface area contributed by atoms with Crippen LogP contribution in [0.5, 0.6) is 0 Å². The van der Waals surface area contributed by atoms with Crippen LogP contribution in [-0.4, -0.2) is 27.3 Å². The lowest BCUT2D eigenvalue weighted by Crippen LogP contribution is -2.30. The van der Waals surface area contributed by atoms with Crippen molar-refractivity contribution < 1.29 is 4.79 Å². The molecule has 3 heterocycles. The van der Waals surface area contributed by atoms with E-state index in [9.17, 15) is 4.79 Å². The number of carbonyl (C=O) groups excluding carboxylic acids is 1. The van der Waals surface area contributed by atoms with Gasteiger partial charge in [-0.25, -0.2) is 4.98 Å². The van der Waals surface area contributed by atoms with Crippen LogP contribution in [0.4, 0.5) is 5.13 Å². The zero-order valence-corrected chi connectivity index (χ0v) is 12.1. The molecule has 1 saturated heterocycles. The number of nitrogens with two attached hydrogens (primary N) is 1. The summed E-state index contributed by atoms with van der Waals surface area (Å²) in [5.41, 5.74) is 7.50. The Balaban J connectivity index is 1.89. The maximum atomic E-state index is 12.7. The second kappa shape index (κ2) is 5.20. The molecule has 5 nitrogen and oxygen atoms in total. The van der Waals surface area contributed by atoms with Gasteiger partial charge < -0.3 is 10.6 Å². The predicted molar refractivity (Wildman–Crippen MR) is 78.5 cm³/mol. The number of likely N-dealkylation sites (tertiary alicyclic amines) is 1. The summed E-state index contributed by atoms with van der Waals surface area (Å²) in [6, 6.07) is 4.04. The number of hydrogen-bond acceptors (Lipinski definition) is 5. The van der Waals surface area contributed by atoms with Crippen molar-refractivity contribution in [3.05, 3.63) is 40.7 Å². The number of hydrogen-bond donors (Lipinski definition) is 1. The Morgan fingerprint density at radius 2 is 2.40 bits per heavy atom. The fraction of sp³-hybridized carbons (Fsp3) is 0.357. The summed E-state index contributed by atoms with van der Waals surface area (Å²) in [6.07, 6.45) is 5.58. The van der Waals surface area contributed by atoms with E-state index in [0.717, 1.165) is 24.9 Å². The molecule has 2 aromatic rings. The second-order valence-corrected chi connectivity index (χ2v) is 5.94. The van der Waals surface area contributed by atoms with Gasteiger partial charge in [0.1, 0.15) is 4.88 Å². The number of carbonyl (C=O) groups is 1. The highest BCUT2D eigenvalue weighted by atomic mass is 32.1. The Bertz CT molecular complexity index is 625. The van der Waals surface area contributed by atoms with Crippen molar-refractivity contribution in [3.8, 4) is 0 Å². The fourth-order valence-electron chi connectivity index (χ4n) is 2.68. The van der Waals surface area contributed by atoms with Crippen LogP contribution in [0.1, 0.15) is 39.8 Å². The molecule has 1 unspecified atom stereocenters. The number of thiazole rings is 1. The van der Waals surface area contributed by atoms with Gasteiger partial charge in [-0.1, -0.05) is 17.4 Å². The average molecular weight is 288 g/mol. The van der Waals surface area contributed by atoms with Crippen LogP contribution in [0.15, 0.2) is 24.5 Å². The SMILES string of the molecule is Cc1nc(N)sc1C(=O)N1CCCC1c1cccnc1. The molecule has 0 radical (unpaired) electrons. The smallest absolute Gasteiger partial charge is 0.266 e. The van der Waals surface area contributed by atoms with Gasteiger partial charge >= 0.3 is 0 Å². The lowest BCUT2D eigenvalue weighted by atomic mass is 10.1. The van der Waals surface area contributed by atoms with Gasteiger partial charge in [0.25, 0.3) is 5.91 Å². The Morgan fingerprint density at radius 1 is 1.55 bits per heavy atom. The molecule has 6 heteroatoms. The number of nitrogens with zero attached hydrogens (tertiary/aromatic N) is 3. The van der Waals surface area contributed by atoms with Gasteiger partial charge in [0.2, 0.25) is 0 Å². The lowest BCUT2D eigenvalue weighted by molar-refractivity contribution is 0.0739. The molecular formula is C14H16N4OS. The number of rotatable bonds is 2. The van der Waals surface area contributed by atoms with Crippen LogP contribution in [0.3, 0.4) is 0 Å². The maximum absolute atomic E-state index is 12.7. The van der Waals surface area contributed by atoms with Crippen molar-refractivity contribution in [2.24, 2.45) is 0 Å². The lowest BCUT2D eigenvalue weighted by Gasteiger charge is -2.24. The Labute approximate surface area is 121 Å². The van der Waals surface area contributed by atoms with Gasteiger partial charge in [-0.2, -0.15) is 0 Å². The topological polar surface area (TPSA) is 72.1 Å². The highest BCUT2D eigenvalue weighted by molar-refractivity contribution is 7.17. The standard InChI is InChI=1S/C14H16N4OS/c1-9-12(20-14(15)17-9)13(19)18-7-3-5-11(18)10-4-2-6-16-8-10/h2,4,6,8,11H,3,5,7H2,1H3,(H2,15,17). The third kappa shape index (κ3) is 2.27. The van der Waals surface area contributed by atoms with Crippen LogP contribution in [0.25, 0.3) is 0 Å². The van der Waals surface area contributed by atoms with E-state index in [2.05, 4.69) is 9.97 Å². The molecule has 1 amide bonds. The quantitative estimate of drug-likeness (QED) is 0.921. The molecule has 1 fully saturated rings.